The highest BCUT2D eigenvalue weighted by Crippen LogP contribution is 2.15. The Morgan fingerprint density at radius 1 is 0.385 bits per heavy atom. The number of hydrogen-bond acceptors (Lipinski definition) is 3. The quantitative estimate of drug-likeness (QED) is 0.0421. The minimum Gasteiger partial charge on any atom is -0.394 e. The van der Waals surface area contributed by atoms with Crippen LogP contribution in [0.1, 0.15) is 226 Å². The lowest BCUT2D eigenvalue weighted by molar-refractivity contribution is -0.123. The summed E-state index contributed by atoms with van der Waals surface area (Å²) in [6.07, 6.45) is 85.6. The van der Waals surface area contributed by atoms with Crippen molar-refractivity contribution in [2.45, 2.75) is 238 Å². The molecule has 0 aromatic rings. The van der Waals surface area contributed by atoms with Gasteiger partial charge in [0.1, 0.15) is 0 Å². The molecule has 0 aromatic heterocycles. The van der Waals surface area contributed by atoms with Crippen molar-refractivity contribution in [2.75, 3.05) is 6.61 Å². The van der Waals surface area contributed by atoms with Crippen LogP contribution >= 0.6 is 0 Å². The molecule has 2 atom stereocenters. The summed E-state index contributed by atoms with van der Waals surface area (Å²) in [5.41, 5.74) is 0. The van der Waals surface area contributed by atoms with Gasteiger partial charge in [-0.05, 0) is 96.3 Å². The zero-order valence-corrected chi connectivity index (χ0v) is 42.2. The lowest BCUT2D eigenvalue weighted by atomic mass is 10.0. The summed E-state index contributed by atoms with van der Waals surface area (Å²) in [6, 6.07) is -0.550. The maximum Gasteiger partial charge on any atom is 0.220 e. The van der Waals surface area contributed by atoms with E-state index in [0.717, 1.165) is 109 Å². The lowest BCUT2D eigenvalue weighted by Gasteiger charge is -2.22. The number of amides is 1. The van der Waals surface area contributed by atoms with Gasteiger partial charge in [-0.25, -0.2) is 0 Å². The third-order valence-corrected chi connectivity index (χ3v) is 11.4. The molecule has 3 N–H and O–H groups in total. The second-order valence-electron chi connectivity index (χ2n) is 17.6. The van der Waals surface area contributed by atoms with E-state index in [2.05, 4.69) is 153 Å². The molecule has 65 heavy (non-hydrogen) atoms. The second-order valence-corrected chi connectivity index (χ2v) is 17.6. The lowest BCUT2D eigenvalue weighted by Crippen LogP contribution is -2.45. The van der Waals surface area contributed by atoms with Crippen molar-refractivity contribution in [1.29, 1.82) is 0 Å². The van der Waals surface area contributed by atoms with Crippen molar-refractivity contribution in [3.05, 3.63) is 134 Å². The zero-order chi connectivity index (χ0) is 47.0. The van der Waals surface area contributed by atoms with Crippen molar-refractivity contribution in [2.24, 2.45) is 0 Å². The SMILES string of the molecule is CC/C=C\C/C=C\C/C=C\C/C=C\C/C=C\C/C=C\C/C=C\C/C=C\C/C=C\C/C=C\C/C=C\CCCCCCCCCC(=O)NC(CO)C(O)CCCCCCCCCCCCCC. The molecule has 0 saturated carbocycles. The van der Waals surface area contributed by atoms with Crippen LogP contribution in [0.5, 0.6) is 0 Å². The van der Waals surface area contributed by atoms with E-state index in [0.29, 0.717) is 12.8 Å². The van der Waals surface area contributed by atoms with E-state index in [1.165, 1.54) is 89.9 Å². The summed E-state index contributed by atoms with van der Waals surface area (Å²) in [6.45, 7) is 4.22. The number of carbonyl (C=O) groups excluding carboxylic acids is 1. The number of hydrogen-bond donors (Lipinski definition) is 3. The third kappa shape index (κ3) is 51.4. The molecule has 4 heteroatoms. The number of unbranched alkanes of at least 4 members (excludes halogenated alkanes) is 18. The van der Waals surface area contributed by atoms with Crippen molar-refractivity contribution in [3.63, 3.8) is 0 Å². The molecule has 0 aliphatic heterocycles. The number of rotatable bonds is 47. The fourth-order valence-electron chi connectivity index (χ4n) is 7.36. The Labute approximate surface area is 402 Å². The van der Waals surface area contributed by atoms with E-state index in [1.807, 2.05) is 0 Å². The maximum absolute atomic E-state index is 12.4. The molecule has 0 spiro atoms. The molecular formula is C61H101NO3. The Hall–Kier alpha value is -3.47. The van der Waals surface area contributed by atoms with Crippen LogP contribution in [-0.2, 0) is 4.79 Å². The molecule has 2 unspecified atom stereocenters. The zero-order valence-electron chi connectivity index (χ0n) is 42.2. The summed E-state index contributed by atoms with van der Waals surface area (Å²) in [7, 11) is 0. The first-order valence-electron chi connectivity index (χ1n) is 26.9. The van der Waals surface area contributed by atoms with E-state index in [-0.39, 0.29) is 12.5 Å². The molecule has 0 saturated heterocycles. The molecule has 0 aliphatic rings. The molecule has 0 fully saturated rings. The number of nitrogens with one attached hydrogen (secondary N) is 1. The van der Waals surface area contributed by atoms with Crippen LogP contribution in [0.2, 0.25) is 0 Å². The second kappa shape index (κ2) is 54.9. The van der Waals surface area contributed by atoms with Crippen LogP contribution in [0.25, 0.3) is 0 Å². The van der Waals surface area contributed by atoms with Crippen LogP contribution in [-0.4, -0.2) is 34.9 Å². The highest BCUT2D eigenvalue weighted by atomic mass is 16.3. The van der Waals surface area contributed by atoms with Crippen molar-refractivity contribution in [3.8, 4) is 0 Å². The Morgan fingerprint density at radius 2 is 0.677 bits per heavy atom. The molecule has 368 valence electrons. The predicted molar refractivity (Wildman–Crippen MR) is 289 cm³/mol. The number of carbonyl (C=O) groups is 1. The van der Waals surface area contributed by atoms with Gasteiger partial charge in [0.25, 0.3) is 0 Å². The minimum atomic E-state index is -0.672. The standard InChI is InChI=1S/C61H101NO3/c1-3-5-7-9-11-13-15-17-18-19-20-21-22-23-24-25-26-27-28-29-30-31-32-33-34-35-36-37-38-39-40-41-42-43-44-45-47-49-51-53-55-57-61(65)62-59(58-63)60(64)56-54-52-50-48-46-16-14-12-10-8-6-4-2/h5,7,11,13,17-18,20-21,23-24,26-27,29-30,32-33,35-36,38-39,41-42,59-60,63-64H,3-4,6,8-10,12,14-16,19,22,25,28,31,34,37,40,43-58H2,1-2H3,(H,62,65)/b7-5-,13-11-,18-17-,21-20-,24-23-,27-26-,30-29-,33-32-,36-35-,39-38-,42-41-. The Bertz CT molecular complexity index is 1340. The first-order chi connectivity index (χ1) is 32.2. The van der Waals surface area contributed by atoms with Gasteiger partial charge in [0.05, 0.1) is 18.8 Å². The summed E-state index contributed by atoms with van der Waals surface area (Å²) in [4.78, 5) is 12.4. The highest BCUT2D eigenvalue weighted by Gasteiger charge is 2.20. The topological polar surface area (TPSA) is 69.6 Å². The van der Waals surface area contributed by atoms with Gasteiger partial charge in [-0.15, -0.1) is 0 Å². The smallest absolute Gasteiger partial charge is 0.220 e. The van der Waals surface area contributed by atoms with Crippen molar-refractivity contribution < 1.29 is 15.0 Å². The molecule has 0 radical (unpaired) electrons. The summed E-state index contributed by atoms with van der Waals surface area (Å²) in [5, 5.41) is 23.2. The fraction of sp³-hybridized carbons (Fsp3) is 0.623. The van der Waals surface area contributed by atoms with Crippen LogP contribution < -0.4 is 5.32 Å². The first kappa shape index (κ1) is 61.5. The molecule has 0 aliphatic carbocycles. The van der Waals surface area contributed by atoms with Gasteiger partial charge in [-0.2, -0.15) is 0 Å². The first-order valence-corrected chi connectivity index (χ1v) is 26.9. The van der Waals surface area contributed by atoms with Gasteiger partial charge in [-0.1, -0.05) is 257 Å². The van der Waals surface area contributed by atoms with Crippen molar-refractivity contribution in [1.82, 2.24) is 5.32 Å². The number of allylic oxidation sites excluding steroid dienone is 22. The van der Waals surface area contributed by atoms with Gasteiger partial charge in [0.2, 0.25) is 5.91 Å². The minimum absolute atomic E-state index is 0.0490. The average Bonchev–Trinajstić information content (AvgIpc) is 3.31. The number of aliphatic hydroxyl groups excluding tert-OH is 2. The van der Waals surface area contributed by atoms with Crippen LogP contribution in [0.15, 0.2) is 134 Å². The Balaban J connectivity index is 3.64. The van der Waals surface area contributed by atoms with Gasteiger partial charge in [0.15, 0.2) is 0 Å². The van der Waals surface area contributed by atoms with Gasteiger partial charge in [0, 0.05) is 6.42 Å². The van der Waals surface area contributed by atoms with Gasteiger partial charge in [-0.3, -0.25) is 4.79 Å². The molecule has 0 rings (SSSR count). The molecule has 4 nitrogen and oxygen atoms in total. The summed E-state index contributed by atoms with van der Waals surface area (Å²) < 4.78 is 0. The number of aliphatic hydroxyl groups is 2. The normalized spacial score (nSPS) is 14.0. The largest absolute Gasteiger partial charge is 0.394 e. The molecule has 1 amide bonds. The highest BCUT2D eigenvalue weighted by molar-refractivity contribution is 5.76. The van der Waals surface area contributed by atoms with E-state index in [1.54, 1.807) is 0 Å². The van der Waals surface area contributed by atoms with Crippen LogP contribution in [0.4, 0.5) is 0 Å². The van der Waals surface area contributed by atoms with Gasteiger partial charge >= 0.3 is 0 Å². The third-order valence-electron chi connectivity index (χ3n) is 11.4. The molecular weight excluding hydrogens is 795 g/mol. The average molecular weight is 896 g/mol. The van der Waals surface area contributed by atoms with E-state index in [9.17, 15) is 15.0 Å². The molecule has 0 aromatic carbocycles. The van der Waals surface area contributed by atoms with Crippen LogP contribution in [0.3, 0.4) is 0 Å². The van der Waals surface area contributed by atoms with E-state index < -0.39 is 12.1 Å². The van der Waals surface area contributed by atoms with E-state index in [4.69, 9.17) is 0 Å². The fourth-order valence-corrected chi connectivity index (χ4v) is 7.36. The Morgan fingerprint density at radius 3 is 1.02 bits per heavy atom. The van der Waals surface area contributed by atoms with E-state index >= 15 is 0 Å². The Kier molecular flexibility index (Phi) is 51.9. The monoisotopic (exact) mass is 896 g/mol. The van der Waals surface area contributed by atoms with Crippen LogP contribution in [0, 0.1) is 0 Å². The maximum atomic E-state index is 12.4. The van der Waals surface area contributed by atoms with Gasteiger partial charge < -0.3 is 15.5 Å². The molecule has 0 heterocycles. The summed E-state index contributed by atoms with van der Waals surface area (Å²) in [5.74, 6) is -0.0490. The summed E-state index contributed by atoms with van der Waals surface area (Å²) >= 11 is 0. The van der Waals surface area contributed by atoms with Crippen molar-refractivity contribution >= 4 is 5.91 Å². The molecule has 0 bridgehead atoms. The predicted octanol–water partition coefficient (Wildman–Crippen LogP) is 17.9.